The van der Waals surface area contributed by atoms with Crippen LogP contribution in [0.4, 0.5) is 0 Å². The zero-order valence-corrected chi connectivity index (χ0v) is 13.8. The van der Waals surface area contributed by atoms with E-state index >= 15 is 0 Å². The van der Waals surface area contributed by atoms with Crippen molar-refractivity contribution in [1.29, 1.82) is 0 Å². The predicted octanol–water partition coefficient (Wildman–Crippen LogP) is 1.26. The molecule has 0 N–H and O–H groups in total. The summed E-state index contributed by atoms with van der Waals surface area (Å²) in [7, 11) is 1.63. The molecule has 4 rings (SSSR count). The molecule has 126 valence electrons. The van der Waals surface area contributed by atoms with Crippen LogP contribution in [0, 0.1) is 0 Å². The Morgan fingerprint density at radius 1 is 1.29 bits per heavy atom. The fraction of sp³-hybridized carbons (Fsp3) is 0.500. The highest BCUT2D eigenvalue weighted by atomic mass is 16.5. The van der Waals surface area contributed by atoms with Crippen molar-refractivity contribution in [3.8, 4) is 0 Å². The summed E-state index contributed by atoms with van der Waals surface area (Å²) in [6.07, 6.45) is 3.57. The first kappa shape index (κ1) is 15.3. The van der Waals surface area contributed by atoms with E-state index in [9.17, 15) is 9.59 Å². The average molecular weight is 327 g/mol. The molecular weight excluding hydrogens is 306 g/mol. The summed E-state index contributed by atoms with van der Waals surface area (Å²) in [5.41, 5.74) is 0.530. The molecule has 0 radical (unpaired) electrons. The van der Waals surface area contributed by atoms with Crippen molar-refractivity contribution >= 4 is 16.7 Å². The Bertz CT molecular complexity index is 845. The molecule has 1 aliphatic heterocycles. The third kappa shape index (κ3) is 2.51. The highest BCUT2D eigenvalue weighted by Gasteiger charge is 2.38. The van der Waals surface area contributed by atoms with Crippen LogP contribution in [0.1, 0.15) is 25.0 Å². The molecule has 1 aliphatic carbocycles. The molecule has 0 bridgehead atoms. The number of ether oxygens (including phenoxy) is 1. The second-order valence-electron chi connectivity index (χ2n) is 6.59. The van der Waals surface area contributed by atoms with Gasteiger partial charge < -0.3 is 9.64 Å². The lowest BCUT2D eigenvalue weighted by atomic mass is 10.1. The van der Waals surface area contributed by atoms with E-state index in [0.29, 0.717) is 24.2 Å². The number of aromatic nitrogens is 2. The van der Waals surface area contributed by atoms with E-state index < -0.39 is 0 Å². The van der Waals surface area contributed by atoms with Gasteiger partial charge in [-0.3, -0.25) is 9.59 Å². The van der Waals surface area contributed by atoms with Crippen molar-refractivity contribution in [2.45, 2.75) is 37.8 Å². The molecule has 0 spiro atoms. The van der Waals surface area contributed by atoms with Gasteiger partial charge >= 0.3 is 0 Å². The number of benzene rings is 1. The Labute approximate surface area is 140 Å². The second kappa shape index (κ2) is 6.02. The maximum Gasteiger partial charge on any atom is 0.274 e. The van der Waals surface area contributed by atoms with Gasteiger partial charge in [0, 0.05) is 19.0 Å². The van der Waals surface area contributed by atoms with E-state index in [1.54, 1.807) is 13.1 Å². The molecule has 1 saturated carbocycles. The van der Waals surface area contributed by atoms with E-state index in [2.05, 4.69) is 5.10 Å². The number of amides is 1. The van der Waals surface area contributed by atoms with Crippen LogP contribution in [-0.4, -0.2) is 45.9 Å². The third-order valence-electron chi connectivity index (χ3n) is 5.15. The highest BCUT2D eigenvalue weighted by molar-refractivity contribution is 5.88. The number of rotatable bonds is 2. The smallest absolute Gasteiger partial charge is 0.274 e. The van der Waals surface area contributed by atoms with Crippen molar-refractivity contribution in [2.75, 3.05) is 13.2 Å². The molecule has 1 aromatic carbocycles. The molecule has 6 heteroatoms. The Hall–Kier alpha value is -2.21. The summed E-state index contributed by atoms with van der Waals surface area (Å²) in [5.74, 6) is 0.0755. The average Bonchev–Trinajstić information content (AvgIpc) is 3.08. The van der Waals surface area contributed by atoms with E-state index in [1.165, 1.54) is 4.68 Å². The quantitative estimate of drug-likeness (QED) is 0.833. The highest BCUT2D eigenvalue weighted by Crippen LogP contribution is 2.30. The largest absolute Gasteiger partial charge is 0.374 e. The summed E-state index contributed by atoms with van der Waals surface area (Å²) in [5, 5.41) is 5.73. The van der Waals surface area contributed by atoms with Crippen LogP contribution in [0.25, 0.3) is 10.8 Å². The fourth-order valence-electron chi connectivity index (χ4n) is 3.99. The molecule has 2 fully saturated rings. The number of carbonyl (C=O) groups excluding carboxylic acids is 1. The number of aryl methyl sites for hydroxylation is 1. The Balaban J connectivity index is 1.66. The summed E-state index contributed by atoms with van der Waals surface area (Å²) in [6, 6.07) is 7.56. The lowest BCUT2D eigenvalue weighted by molar-refractivity contribution is -0.143. The summed E-state index contributed by atoms with van der Waals surface area (Å²) < 4.78 is 7.10. The van der Waals surface area contributed by atoms with Crippen LogP contribution in [0.2, 0.25) is 0 Å². The van der Waals surface area contributed by atoms with Crippen molar-refractivity contribution in [3.05, 3.63) is 40.3 Å². The van der Waals surface area contributed by atoms with Crippen molar-refractivity contribution in [2.24, 2.45) is 7.05 Å². The Kier molecular flexibility index (Phi) is 3.84. The Morgan fingerprint density at radius 3 is 2.92 bits per heavy atom. The van der Waals surface area contributed by atoms with Crippen LogP contribution < -0.4 is 5.56 Å². The minimum Gasteiger partial charge on any atom is -0.374 e. The lowest BCUT2D eigenvalue weighted by Gasteiger charge is -2.37. The number of morpholine rings is 1. The van der Waals surface area contributed by atoms with Crippen molar-refractivity contribution in [3.63, 3.8) is 0 Å². The lowest BCUT2D eigenvalue weighted by Crippen LogP contribution is -2.51. The van der Waals surface area contributed by atoms with E-state index in [4.69, 9.17) is 4.74 Å². The molecule has 1 saturated heterocycles. The monoisotopic (exact) mass is 327 g/mol. The minimum atomic E-state index is -0.135. The van der Waals surface area contributed by atoms with Gasteiger partial charge in [0.25, 0.3) is 5.56 Å². The maximum atomic E-state index is 12.9. The van der Waals surface area contributed by atoms with Crippen molar-refractivity contribution in [1.82, 2.24) is 14.7 Å². The summed E-state index contributed by atoms with van der Waals surface area (Å²) in [4.78, 5) is 27.1. The SMILES string of the molecule is Cn1nc(CC(=O)N2CCO[C@H]3CCC[C@@H]32)c2ccccc2c1=O. The van der Waals surface area contributed by atoms with Crippen LogP contribution >= 0.6 is 0 Å². The summed E-state index contributed by atoms with van der Waals surface area (Å²) in [6.45, 7) is 1.25. The van der Waals surface area contributed by atoms with Gasteiger partial charge in [-0.25, -0.2) is 4.68 Å². The normalized spacial score (nSPS) is 23.5. The van der Waals surface area contributed by atoms with Crippen LogP contribution in [0.3, 0.4) is 0 Å². The molecule has 2 aliphatic rings. The Morgan fingerprint density at radius 2 is 2.08 bits per heavy atom. The number of hydrogen-bond acceptors (Lipinski definition) is 4. The van der Waals surface area contributed by atoms with Gasteiger partial charge in [0.2, 0.25) is 5.91 Å². The molecule has 0 unspecified atom stereocenters. The van der Waals surface area contributed by atoms with Gasteiger partial charge in [0.15, 0.2) is 0 Å². The standard InChI is InChI=1S/C18H21N3O3/c1-20-18(23)13-6-3-2-5-12(13)14(19-20)11-17(22)21-9-10-24-16-8-4-7-15(16)21/h2-3,5-6,15-16H,4,7-11H2,1H3/t15-,16-/m0/s1. The molecular formula is C18H21N3O3. The molecule has 2 aromatic rings. The van der Waals surface area contributed by atoms with Gasteiger partial charge in [0.1, 0.15) is 0 Å². The molecule has 2 heterocycles. The van der Waals surface area contributed by atoms with Crippen LogP contribution in [0.5, 0.6) is 0 Å². The zero-order chi connectivity index (χ0) is 16.7. The maximum absolute atomic E-state index is 12.9. The summed E-state index contributed by atoms with van der Waals surface area (Å²) >= 11 is 0. The van der Waals surface area contributed by atoms with Gasteiger partial charge in [-0.05, 0) is 25.3 Å². The first-order chi connectivity index (χ1) is 11.6. The molecule has 1 amide bonds. The number of nitrogens with zero attached hydrogens (tertiary/aromatic N) is 3. The van der Waals surface area contributed by atoms with Crippen LogP contribution in [0.15, 0.2) is 29.1 Å². The molecule has 24 heavy (non-hydrogen) atoms. The fourth-order valence-corrected chi connectivity index (χ4v) is 3.99. The minimum absolute atomic E-state index is 0.0755. The van der Waals surface area contributed by atoms with E-state index in [-0.39, 0.29) is 30.0 Å². The van der Waals surface area contributed by atoms with Gasteiger partial charge in [-0.1, -0.05) is 18.2 Å². The van der Waals surface area contributed by atoms with Crippen molar-refractivity contribution < 1.29 is 9.53 Å². The first-order valence-corrected chi connectivity index (χ1v) is 8.51. The topological polar surface area (TPSA) is 64.4 Å². The van der Waals surface area contributed by atoms with Crippen LogP contribution in [-0.2, 0) is 23.0 Å². The predicted molar refractivity (Wildman–Crippen MR) is 89.8 cm³/mol. The number of carbonyl (C=O) groups is 1. The number of fused-ring (bicyclic) bond motifs is 2. The first-order valence-electron chi connectivity index (χ1n) is 8.51. The zero-order valence-electron chi connectivity index (χ0n) is 13.8. The molecule has 1 aromatic heterocycles. The van der Waals surface area contributed by atoms with E-state index in [0.717, 1.165) is 24.6 Å². The van der Waals surface area contributed by atoms with Gasteiger partial charge in [-0.15, -0.1) is 0 Å². The van der Waals surface area contributed by atoms with E-state index in [1.807, 2.05) is 23.1 Å². The van der Waals surface area contributed by atoms with Gasteiger partial charge in [-0.2, -0.15) is 5.10 Å². The number of hydrogen-bond donors (Lipinski definition) is 0. The van der Waals surface area contributed by atoms with Gasteiger partial charge in [0.05, 0.1) is 36.3 Å². The third-order valence-corrected chi connectivity index (χ3v) is 5.15. The molecule has 6 nitrogen and oxygen atoms in total. The molecule has 2 atom stereocenters. The second-order valence-corrected chi connectivity index (χ2v) is 6.59.